The molecule has 0 saturated carbocycles. The Morgan fingerprint density at radius 2 is 1.57 bits per heavy atom. The van der Waals surface area contributed by atoms with Crippen molar-refractivity contribution in [2.24, 2.45) is 0 Å². The number of benzene rings is 3. The molecule has 4 aromatic rings. The van der Waals surface area contributed by atoms with Gasteiger partial charge in [-0.1, -0.05) is 65.9 Å². The molecule has 8 heteroatoms. The summed E-state index contributed by atoms with van der Waals surface area (Å²) in [6, 6.07) is 26.6. The van der Waals surface area contributed by atoms with Crippen LogP contribution in [0.25, 0.3) is 0 Å². The van der Waals surface area contributed by atoms with Crippen LogP contribution in [0.3, 0.4) is 0 Å². The van der Waals surface area contributed by atoms with Crippen LogP contribution < -0.4 is 10.2 Å². The quantitative estimate of drug-likeness (QED) is 0.338. The van der Waals surface area contributed by atoms with Gasteiger partial charge >= 0.3 is 0 Å². The van der Waals surface area contributed by atoms with Crippen molar-refractivity contribution >= 4 is 35.0 Å². The number of carbonyl (C=O) groups is 2. The standard InChI is InChI=1S/C27H27N5O2S/c1-3-31-24(18-28-26(34)21-12-10-11-20(2)17-21)29-30-27(31)35-19-25(33)32(22-13-6-4-7-14-22)23-15-8-5-9-16-23/h4-17H,3,18-19H2,1-2H3,(H,28,34). The highest BCUT2D eigenvalue weighted by Crippen LogP contribution is 2.27. The highest BCUT2D eigenvalue weighted by molar-refractivity contribution is 7.99. The van der Waals surface area contributed by atoms with Gasteiger partial charge in [0, 0.05) is 23.5 Å². The van der Waals surface area contributed by atoms with Gasteiger partial charge in [-0.05, 0) is 50.2 Å². The zero-order valence-corrected chi connectivity index (χ0v) is 20.5. The molecule has 0 aliphatic heterocycles. The van der Waals surface area contributed by atoms with Gasteiger partial charge in [0.25, 0.3) is 5.91 Å². The number of amides is 2. The number of nitrogens with one attached hydrogen (secondary N) is 1. The van der Waals surface area contributed by atoms with E-state index in [0.717, 1.165) is 16.9 Å². The SMILES string of the molecule is CCn1c(CNC(=O)c2cccc(C)c2)nnc1SCC(=O)N(c1ccccc1)c1ccccc1. The van der Waals surface area contributed by atoms with E-state index >= 15 is 0 Å². The van der Waals surface area contributed by atoms with E-state index in [0.29, 0.717) is 23.1 Å². The molecule has 1 N–H and O–H groups in total. The van der Waals surface area contributed by atoms with Crippen LogP contribution in [0.1, 0.15) is 28.7 Å². The Labute approximate surface area is 209 Å². The summed E-state index contributed by atoms with van der Waals surface area (Å²) in [5.74, 6) is 0.612. The molecule has 0 saturated heterocycles. The van der Waals surface area contributed by atoms with Crippen molar-refractivity contribution in [1.29, 1.82) is 0 Å². The number of carbonyl (C=O) groups excluding carboxylic acids is 2. The second-order valence-corrected chi connectivity index (χ2v) is 8.83. The first-order chi connectivity index (χ1) is 17.1. The van der Waals surface area contributed by atoms with E-state index in [9.17, 15) is 9.59 Å². The molecule has 0 fully saturated rings. The maximum Gasteiger partial charge on any atom is 0.251 e. The largest absolute Gasteiger partial charge is 0.345 e. The van der Waals surface area contributed by atoms with Gasteiger partial charge in [0.05, 0.1) is 12.3 Å². The van der Waals surface area contributed by atoms with Crippen LogP contribution in [0.2, 0.25) is 0 Å². The molecule has 0 atom stereocenters. The van der Waals surface area contributed by atoms with E-state index in [1.807, 2.05) is 97.3 Å². The average Bonchev–Trinajstić information content (AvgIpc) is 3.29. The summed E-state index contributed by atoms with van der Waals surface area (Å²) in [5.41, 5.74) is 3.24. The summed E-state index contributed by atoms with van der Waals surface area (Å²) in [6.07, 6.45) is 0. The molecule has 3 aromatic carbocycles. The maximum atomic E-state index is 13.3. The smallest absolute Gasteiger partial charge is 0.251 e. The normalized spacial score (nSPS) is 10.7. The van der Waals surface area contributed by atoms with Crippen molar-refractivity contribution in [3.05, 3.63) is 102 Å². The van der Waals surface area contributed by atoms with Crippen LogP contribution in [0.4, 0.5) is 11.4 Å². The zero-order chi connectivity index (χ0) is 24.6. The van der Waals surface area contributed by atoms with Gasteiger partial charge in [0.1, 0.15) is 0 Å². The molecular weight excluding hydrogens is 458 g/mol. The fourth-order valence-electron chi connectivity index (χ4n) is 3.70. The minimum atomic E-state index is -0.162. The molecule has 0 radical (unpaired) electrons. The monoisotopic (exact) mass is 485 g/mol. The number of anilines is 2. The molecule has 7 nitrogen and oxygen atoms in total. The summed E-state index contributed by atoms with van der Waals surface area (Å²) in [7, 11) is 0. The average molecular weight is 486 g/mol. The van der Waals surface area contributed by atoms with Crippen LogP contribution in [0.5, 0.6) is 0 Å². The summed E-state index contributed by atoms with van der Waals surface area (Å²) in [4.78, 5) is 27.5. The van der Waals surface area contributed by atoms with E-state index in [1.165, 1.54) is 11.8 Å². The van der Waals surface area contributed by atoms with Gasteiger partial charge < -0.3 is 9.88 Å². The first-order valence-corrected chi connectivity index (χ1v) is 12.4. The fraction of sp³-hybridized carbons (Fsp3) is 0.185. The number of para-hydroxylation sites is 2. The van der Waals surface area contributed by atoms with Gasteiger partial charge in [-0.3, -0.25) is 14.5 Å². The molecule has 4 rings (SSSR count). The predicted molar refractivity (Wildman–Crippen MR) is 139 cm³/mol. The van der Waals surface area contributed by atoms with E-state index in [1.54, 1.807) is 11.0 Å². The Morgan fingerprint density at radius 1 is 0.914 bits per heavy atom. The summed E-state index contributed by atoms with van der Waals surface area (Å²) < 4.78 is 1.92. The van der Waals surface area contributed by atoms with Gasteiger partial charge in [-0.25, -0.2) is 0 Å². The van der Waals surface area contributed by atoms with E-state index in [4.69, 9.17) is 0 Å². The molecule has 0 bridgehead atoms. The number of rotatable bonds is 9. The summed E-state index contributed by atoms with van der Waals surface area (Å²) >= 11 is 1.34. The number of hydrogen-bond donors (Lipinski definition) is 1. The predicted octanol–water partition coefficient (Wildman–Crippen LogP) is 4.99. The number of aryl methyl sites for hydroxylation is 1. The Hall–Kier alpha value is -3.91. The van der Waals surface area contributed by atoms with Crippen molar-refractivity contribution in [2.45, 2.75) is 32.1 Å². The van der Waals surface area contributed by atoms with E-state index in [-0.39, 0.29) is 24.1 Å². The first kappa shape index (κ1) is 24.2. The Morgan fingerprint density at radius 3 is 2.17 bits per heavy atom. The van der Waals surface area contributed by atoms with E-state index in [2.05, 4.69) is 15.5 Å². The molecule has 0 unspecified atom stereocenters. The van der Waals surface area contributed by atoms with Crippen LogP contribution in [-0.2, 0) is 17.9 Å². The lowest BCUT2D eigenvalue weighted by Crippen LogP contribution is -2.27. The minimum Gasteiger partial charge on any atom is -0.345 e. The molecule has 1 heterocycles. The lowest BCUT2D eigenvalue weighted by molar-refractivity contribution is -0.115. The number of aromatic nitrogens is 3. The second-order valence-electron chi connectivity index (χ2n) is 7.88. The minimum absolute atomic E-state index is 0.0626. The van der Waals surface area contributed by atoms with Crippen molar-refractivity contribution in [1.82, 2.24) is 20.1 Å². The lowest BCUT2D eigenvalue weighted by Gasteiger charge is -2.23. The van der Waals surface area contributed by atoms with Gasteiger partial charge in [-0.15, -0.1) is 10.2 Å². The Bertz CT molecular complexity index is 1250. The highest BCUT2D eigenvalue weighted by atomic mass is 32.2. The zero-order valence-electron chi connectivity index (χ0n) is 19.7. The maximum absolute atomic E-state index is 13.3. The fourth-order valence-corrected chi connectivity index (χ4v) is 4.57. The summed E-state index contributed by atoms with van der Waals surface area (Å²) in [5, 5.41) is 12.1. The topological polar surface area (TPSA) is 80.1 Å². The highest BCUT2D eigenvalue weighted by Gasteiger charge is 2.20. The molecule has 2 amide bonds. The van der Waals surface area contributed by atoms with E-state index < -0.39 is 0 Å². The number of thioether (sulfide) groups is 1. The van der Waals surface area contributed by atoms with Crippen LogP contribution in [0.15, 0.2) is 90.1 Å². The number of hydrogen-bond acceptors (Lipinski definition) is 5. The third kappa shape index (κ3) is 5.96. The molecular formula is C27H27N5O2S. The van der Waals surface area contributed by atoms with Crippen molar-refractivity contribution in [3.8, 4) is 0 Å². The third-order valence-electron chi connectivity index (χ3n) is 5.40. The Kier molecular flexibility index (Phi) is 7.95. The van der Waals surface area contributed by atoms with Gasteiger partial charge in [0.2, 0.25) is 5.91 Å². The third-order valence-corrected chi connectivity index (χ3v) is 6.35. The van der Waals surface area contributed by atoms with Crippen molar-refractivity contribution in [3.63, 3.8) is 0 Å². The number of nitrogens with zero attached hydrogens (tertiary/aromatic N) is 4. The lowest BCUT2D eigenvalue weighted by atomic mass is 10.1. The van der Waals surface area contributed by atoms with Gasteiger partial charge in [0.15, 0.2) is 11.0 Å². The van der Waals surface area contributed by atoms with Crippen LogP contribution >= 0.6 is 11.8 Å². The van der Waals surface area contributed by atoms with Crippen molar-refractivity contribution < 1.29 is 9.59 Å². The Balaban J connectivity index is 1.44. The molecule has 35 heavy (non-hydrogen) atoms. The summed E-state index contributed by atoms with van der Waals surface area (Å²) in [6.45, 7) is 4.82. The second kappa shape index (κ2) is 11.5. The molecule has 178 valence electrons. The first-order valence-electron chi connectivity index (χ1n) is 11.4. The van der Waals surface area contributed by atoms with Crippen LogP contribution in [0, 0.1) is 6.92 Å². The van der Waals surface area contributed by atoms with Crippen LogP contribution in [-0.4, -0.2) is 32.3 Å². The molecule has 0 spiro atoms. The molecule has 0 aliphatic carbocycles. The molecule has 1 aromatic heterocycles. The molecule has 0 aliphatic rings. The van der Waals surface area contributed by atoms with Gasteiger partial charge in [-0.2, -0.15) is 0 Å². The van der Waals surface area contributed by atoms with Crippen molar-refractivity contribution in [2.75, 3.05) is 10.7 Å².